The molecule has 1 aliphatic heterocycles. The second-order valence-electron chi connectivity index (χ2n) is 5.86. The Labute approximate surface area is 128 Å². The maximum Gasteiger partial charge on any atom is 0.163 e. The van der Waals surface area contributed by atoms with Gasteiger partial charge in [0.15, 0.2) is 5.78 Å². The molecule has 0 bridgehead atoms. The van der Waals surface area contributed by atoms with Crippen molar-refractivity contribution in [2.45, 2.75) is 39.0 Å². The van der Waals surface area contributed by atoms with E-state index in [-0.39, 0.29) is 5.78 Å². The van der Waals surface area contributed by atoms with Crippen LogP contribution >= 0.6 is 15.9 Å². The molecule has 0 saturated carbocycles. The Kier molecular flexibility index (Phi) is 3.97. The maximum atomic E-state index is 12.4. The van der Waals surface area contributed by atoms with Crippen LogP contribution in [0.25, 0.3) is 0 Å². The Hall–Kier alpha value is -1.09. The van der Waals surface area contributed by atoms with Crippen molar-refractivity contribution in [3.8, 4) is 5.75 Å². The van der Waals surface area contributed by atoms with Crippen LogP contribution in [0.3, 0.4) is 0 Å². The predicted octanol–water partition coefficient (Wildman–Crippen LogP) is 4.24. The molecule has 0 saturated heterocycles. The first-order valence-corrected chi connectivity index (χ1v) is 8.09. The second kappa shape index (κ2) is 5.72. The summed E-state index contributed by atoms with van der Waals surface area (Å²) in [6.07, 6.45) is 6.63. The van der Waals surface area contributed by atoms with Crippen molar-refractivity contribution in [2.24, 2.45) is 5.92 Å². The van der Waals surface area contributed by atoms with Gasteiger partial charge in [-0.3, -0.25) is 4.79 Å². The minimum Gasteiger partial charge on any atom is -0.493 e. The third kappa shape index (κ3) is 2.83. The molecule has 0 radical (unpaired) electrons. The number of carbonyl (C=O) groups is 1. The fourth-order valence-electron chi connectivity index (χ4n) is 2.98. The smallest absolute Gasteiger partial charge is 0.163 e. The predicted molar refractivity (Wildman–Crippen MR) is 83.2 cm³/mol. The molecular weight excluding hydrogens is 316 g/mol. The molecule has 1 aromatic rings. The number of carbonyl (C=O) groups excluding carboxylic acids is 1. The van der Waals surface area contributed by atoms with Gasteiger partial charge in [0.05, 0.1) is 6.61 Å². The second-order valence-corrected chi connectivity index (χ2v) is 6.78. The minimum atomic E-state index is 0.257. The van der Waals surface area contributed by atoms with E-state index in [4.69, 9.17) is 4.74 Å². The number of hydrogen-bond acceptors (Lipinski definition) is 2. The third-order valence-corrected chi connectivity index (χ3v) is 4.67. The SMILES string of the molecule is CC1CC=C(C(=O)Cc2cc(Br)cc3c2OCC3)CC1. The summed E-state index contributed by atoms with van der Waals surface area (Å²) < 4.78 is 6.74. The number of allylic oxidation sites excluding steroid dienone is 2. The zero-order valence-electron chi connectivity index (χ0n) is 11.7. The quantitative estimate of drug-likeness (QED) is 0.826. The molecule has 2 nitrogen and oxygen atoms in total. The van der Waals surface area contributed by atoms with Crippen molar-refractivity contribution in [1.29, 1.82) is 0 Å². The van der Waals surface area contributed by atoms with Crippen LogP contribution in [0.2, 0.25) is 0 Å². The highest BCUT2D eigenvalue weighted by atomic mass is 79.9. The monoisotopic (exact) mass is 334 g/mol. The standard InChI is InChI=1S/C17H19BrO2/c1-11-2-4-12(5-3-11)16(19)10-14-9-15(18)8-13-6-7-20-17(13)14/h4,8-9,11H,2-3,5-7,10H2,1H3. The molecule has 1 atom stereocenters. The molecule has 1 aliphatic carbocycles. The van der Waals surface area contributed by atoms with Gasteiger partial charge in [-0.1, -0.05) is 28.9 Å². The molecule has 106 valence electrons. The lowest BCUT2D eigenvalue weighted by atomic mass is 9.87. The topological polar surface area (TPSA) is 26.3 Å². The van der Waals surface area contributed by atoms with E-state index in [1.165, 1.54) is 5.56 Å². The van der Waals surface area contributed by atoms with Crippen LogP contribution in [0.5, 0.6) is 5.75 Å². The molecule has 0 N–H and O–H groups in total. The zero-order valence-corrected chi connectivity index (χ0v) is 13.3. The van der Waals surface area contributed by atoms with Crippen LogP contribution in [-0.2, 0) is 17.6 Å². The van der Waals surface area contributed by atoms with E-state index in [0.29, 0.717) is 12.3 Å². The molecule has 1 aromatic carbocycles. The van der Waals surface area contributed by atoms with E-state index in [2.05, 4.69) is 35.0 Å². The summed E-state index contributed by atoms with van der Waals surface area (Å²) in [5, 5.41) is 0. The van der Waals surface area contributed by atoms with E-state index in [9.17, 15) is 4.79 Å². The average Bonchev–Trinajstić information content (AvgIpc) is 2.87. The maximum absolute atomic E-state index is 12.4. The van der Waals surface area contributed by atoms with Gasteiger partial charge in [0, 0.05) is 22.9 Å². The normalized spacial score (nSPS) is 21.1. The van der Waals surface area contributed by atoms with Gasteiger partial charge >= 0.3 is 0 Å². The summed E-state index contributed by atoms with van der Waals surface area (Å²) in [5.41, 5.74) is 3.25. The van der Waals surface area contributed by atoms with Crippen molar-refractivity contribution in [2.75, 3.05) is 6.61 Å². The Morgan fingerprint density at radius 1 is 1.40 bits per heavy atom. The number of hydrogen-bond donors (Lipinski definition) is 0. The van der Waals surface area contributed by atoms with E-state index >= 15 is 0 Å². The number of rotatable bonds is 3. The van der Waals surface area contributed by atoms with Crippen LogP contribution < -0.4 is 4.74 Å². The summed E-state index contributed by atoms with van der Waals surface area (Å²) in [6, 6.07) is 4.12. The number of halogens is 1. The summed E-state index contributed by atoms with van der Waals surface area (Å²) in [4.78, 5) is 12.4. The number of fused-ring (bicyclic) bond motifs is 1. The van der Waals surface area contributed by atoms with Crippen molar-refractivity contribution in [1.82, 2.24) is 0 Å². The fourth-order valence-corrected chi connectivity index (χ4v) is 3.54. The first kappa shape index (κ1) is 13.9. The molecule has 0 spiro atoms. The Morgan fingerprint density at radius 3 is 3.00 bits per heavy atom. The molecule has 1 heterocycles. The Bertz CT molecular complexity index is 575. The van der Waals surface area contributed by atoms with Crippen LogP contribution in [0, 0.1) is 5.92 Å². The Balaban J connectivity index is 1.80. The number of ketones is 1. The minimum absolute atomic E-state index is 0.257. The lowest BCUT2D eigenvalue weighted by Crippen LogP contribution is -2.12. The average molecular weight is 335 g/mol. The molecule has 0 amide bonds. The Morgan fingerprint density at radius 2 is 2.25 bits per heavy atom. The van der Waals surface area contributed by atoms with Gasteiger partial charge < -0.3 is 4.74 Å². The van der Waals surface area contributed by atoms with E-state index < -0.39 is 0 Å². The summed E-state index contributed by atoms with van der Waals surface area (Å²) in [6.45, 7) is 2.97. The zero-order chi connectivity index (χ0) is 14.1. The van der Waals surface area contributed by atoms with Crippen molar-refractivity contribution < 1.29 is 9.53 Å². The summed E-state index contributed by atoms with van der Waals surface area (Å²) >= 11 is 3.53. The summed E-state index contributed by atoms with van der Waals surface area (Å²) in [7, 11) is 0. The van der Waals surface area contributed by atoms with E-state index in [1.54, 1.807) is 0 Å². The van der Waals surface area contributed by atoms with Crippen LogP contribution in [0.1, 0.15) is 37.3 Å². The molecule has 20 heavy (non-hydrogen) atoms. The summed E-state index contributed by atoms with van der Waals surface area (Å²) in [5.74, 6) is 1.91. The third-order valence-electron chi connectivity index (χ3n) is 4.21. The number of Topliss-reactive ketones (excluding diaryl/α,β-unsaturated/α-hetero) is 1. The fraction of sp³-hybridized carbons (Fsp3) is 0.471. The van der Waals surface area contributed by atoms with Crippen LogP contribution in [0.15, 0.2) is 28.3 Å². The highest BCUT2D eigenvalue weighted by Gasteiger charge is 2.21. The lowest BCUT2D eigenvalue weighted by Gasteiger charge is -2.17. The first-order chi connectivity index (χ1) is 9.63. The van der Waals surface area contributed by atoms with Crippen molar-refractivity contribution in [3.05, 3.63) is 39.4 Å². The molecule has 3 rings (SSSR count). The van der Waals surface area contributed by atoms with Crippen molar-refractivity contribution in [3.63, 3.8) is 0 Å². The van der Waals surface area contributed by atoms with Gasteiger partial charge in [-0.25, -0.2) is 0 Å². The molecular formula is C17H19BrO2. The van der Waals surface area contributed by atoms with Gasteiger partial charge in [0.2, 0.25) is 0 Å². The van der Waals surface area contributed by atoms with Gasteiger partial charge in [0.1, 0.15) is 5.75 Å². The largest absolute Gasteiger partial charge is 0.493 e. The molecule has 0 aromatic heterocycles. The van der Waals surface area contributed by atoms with Crippen molar-refractivity contribution >= 4 is 21.7 Å². The lowest BCUT2D eigenvalue weighted by molar-refractivity contribution is -0.115. The van der Waals surface area contributed by atoms with Gasteiger partial charge in [-0.15, -0.1) is 0 Å². The van der Waals surface area contributed by atoms with Crippen LogP contribution in [0.4, 0.5) is 0 Å². The highest BCUT2D eigenvalue weighted by molar-refractivity contribution is 9.10. The van der Waals surface area contributed by atoms with Crippen LogP contribution in [-0.4, -0.2) is 12.4 Å². The van der Waals surface area contributed by atoms with E-state index in [1.807, 2.05) is 6.07 Å². The van der Waals surface area contributed by atoms with Gasteiger partial charge in [-0.2, -0.15) is 0 Å². The van der Waals surface area contributed by atoms with Gasteiger partial charge in [0.25, 0.3) is 0 Å². The highest BCUT2D eigenvalue weighted by Crippen LogP contribution is 2.34. The molecule has 3 heteroatoms. The number of benzene rings is 1. The molecule has 0 fully saturated rings. The first-order valence-electron chi connectivity index (χ1n) is 7.30. The van der Waals surface area contributed by atoms with E-state index in [0.717, 1.165) is 53.6 Å². The van der Waals surface area contributed by atoms with Gasteiger partial charge in [-0.05, 0) is 48.4 Å². The molecule has 2 aliphatic rings. The number of ether oxygens (including phenoxy) is 1. The molecule has 1 unspecified atom stereocenters.